The maximum absolute atomic E-state index is 12.6. The highest BCUT2D eigenvalue weighted by molar-refractivity contribution is 7.20. The number of carbonyl (C=O) groups excluding carboxylic acids is 1. The van der Waals surface area contributed by atoms with Gasteiger partial charge in [0.1, 0.15) is 22.2 Å². The van der Waals surface area contributed by atoms with E-state index >= 15 is 0 Å². The van der Waals surface area contributed by atoms with E-state index < -0.39 is 0 Å². The lowest BCUT2D eigenvalue weighted by atomic mass is 10.2. The summed E-state index contributed by atoms with van der Waals surface area (Å²) in [6.07, 6.45) is 0. The van der Waals surface area contributed by atoms with Crippen molar-refractivity contribution in [3.63, 3.8) is 0 Å². The van der Waals surface area contributed by atoms with Gasteiger partial charge in [-0.15, -0.1) is 11.3 Å². The van der Waals surface area contributed by atoms with Gasteiger partial charge in [-0.25, -0.2) is 4.98 Å². The van der Waals surface area contributed by atoms with Crippen molar-refractivity contribution in [1.82, 2.24) is 15.3 Å². The van der Waals surface area contributed by atoms with Gasteiger partial charge in [0.2, 0.25) is 0 Å². The second-order valence-corrected chi connectivity index (χ2v) is 7.17. The third-order valence-corrected chi connectivity index (χ3v) is 5.50. The molecule has 0 bridgehead atoms. The number of nitrogens with one attached hydrogen (secondary N) is 2. The standard InChI is InChI=1S/C21H17N3O3S/c1-12-16-19(25)23-18(24-21(16)28-17(12)20(26)22-2)13-7-6-10-15(11-13)27-14-8-4-3-5-9-14/h3-11H,1-2H3,(H,22,26)(H,23,24,25). The highest BCUT2D eigenvalue weighted by atomic mass is 32.1. The summed E-state index contributed by atoms with van der Waals surface area (Å²) in [5, 5.41) is 3.04. The van der Waals surface area contributed by atoms with Crippen LogP contribution in [0.2, 0.25) is 0 Å². The largest absolute Gasteiger partial charge is 0.457 e. The molecule has 0 aliphatic rings. The van der Waals surface area contributed by atoms with Gasteiger partial charge in [-0.2, -0.15) is 0 Å². The molecule has 4 rings (SSSR count). The fourth-order valence-corrected chi connectivity index (χ4v) is 4.07. The first kappa shape index (κ1) is 17.9. The van der Waals surface area contributed by atoms with Crippen molar-refractivity contribution in [2.45, 2.75) is 6.92 Å². The molecule has 0 spiro atoms. The van der Waals surface area contributed by atoms with E-state index in [0.29, 0.717) is 32.2 Å². The Labute approximate surface area is 164 Å². The van der Waals surface area contributed by atoms with E-state index in [1.54, 1.807) is 14.0 Å². The highest BCUT2D eigenvalue weighted by Gasteiger charge is 2.19. The van der Waals surface area contributed by atoms with Gasteiger partial charge in [0.15, 0.2) is 0 Å². The average Bonchev–Trinajstić information content (AvgIpc) is 3.05. The molecule has 28 heavy (non-hydrogen) atoms. The van der Waals surface area contributed by atoms with E-state index in [-0.39, 0.29) is 11.5 Å². The number of thiophene rings is 1. The SMILES string of the molecule is CNC(=O)c1sc2nc(-c3cccc(Oc4ccccc4)c3)[nH]c(=O)c2c1C. The van der Waals surface area contributed by atoms with Gasteiger partial charge < -0.3 is 15.0 Å². The lowest BCUT2D eigenvalue weighted by Crippen LogP contribution is -2.17. The van der Waals surface area contributed by atoms with Gasteiger partial charge in [0.05, 0.1) is 10.3 Å². The second kappa shape index (κ2) is 7.28. The summed E-state index contributed by atoms with van der Waals surface area (Å²) in [7, 11) is 1.56. The summed E-state index contributed by atoms with van der Waals surface area (Å²) in [6.45, 7) is 1.76. The van der Waals surface area contributed by atoms with E-state index in [1.165, 1.54) is 11.3 Å². The molecule has 6 nitrogen and oxygen atoms in total. The van der Waals surface area contributed by atoms with Gasteiger partial charge in [-0.3, -0.25) is 9.59 Å². The number of fused-ring (bicyclic) bond motifs is 1. The molecular weight excluding hydrogens is 374 g/mol. The zero-order valence-electron chi connectivity index (χ0n) is 15.3. The number of hydrogen-bond acceptors (Lipinski definition) is 5. The quantitative estimate of drug-likeness (QED) is 0.548. The van der Waals surface area contributed by atoms with E-state index in [9.17, 15) is 9.59 Å². The lowest BCUT2D eigenvalue weighted by molar-refractivity contribution is 0.0966. The predicted molar refractivity (Wildman–Crippen MR) is 110 cm³/mol. The first-order valence-corrected chi connectivity index (χ1v) is 9.47. The van der Waals surface area contributed by atoms with Gasteiger partial charge in [-0.1, -0.05) is 30.3 Å². The highest BCUT2D eigenvalue weighted by Crippen LogP contribution is 2.30. The maximum atomic E-state index is 12.6. The normalized spacial score (nSPS) is 10.8. The van der Waals surface area contributed by atoms with Crippen LogP contribution in [0, 0.1) is 6.92 Å². The van der Waals surface area contributed by atoms with Crippen molar-refractivity contribution in [2.75, 3.05) is 7.05 Å². The van der Waals surface area contributed by atoms with E-state index in [0.717, 1.165) is 11.3 Å². The zero-order valence-corrected chi connectivity index (χ0v) is 16.1. The summed E-state index contributed by atoms with van der Waals surface area (Å²) < 4.78 is 5.86. The van der Waals surface area contributed by atoms with Crippen LogP contribution < -0.4 is 15.6 Å². The van der Waals surface area contributed by atoms with E-state index in [2.05, 4.69) is 15.3 Å². The van der Waals surface area contributed by atoms with Crippen molar-refractivity contribution in [3.8, 4) is 22.9 Å². The molecule has 140 valence electrons. The van der Waals surface area contributed by atoms with Crippen LogP contribution in [-0.4, -0.2) is 22.9 Å². The monoisotopic (exact) mass is 391 g/mol. The van der Waals surface area contributed by atoms with Crippen molar-refractivity contribution in [1.29, 1.82) is 0 Å². The lowest BCUT2D eigenvalue weighted by Gasteiger charge is -2.07. The molecule has 4 aromatic rings. The number of hydrogen-bond donors (Lipinski definition) is 2. The third-order valence-electron chi connectivity index (χ3n) is 4.32. The van der Waals surface area contributed by atoms with Crippen LogP contribution in [0.3, 0.4) is 0 Å². The zero-order chi connectivity index (χ0) is 19.7. The third kappa shape index (κ3) is 3.27. The predicted octanol–water partition coefficient (Wildman–Crippen LogP) is 4.11. The number of nitrogens with zero attached hydrogens (tertiary/aromatic N) is 1. The van der Waals surface area contributed by atoms with Crippen molar-refractivity contribution >= 4 is 27.5 Å². The Hall–Kier alpha value is -3.45. The number of carbonyl (C=O) groups is 1. The van der Waals surface area contributed by atoms with Crippen LogP contribution in [0.4, 0.5) is 0 Å². The summed E-state index contributed by atoms with van der Waals surface area (Å²) >= 11 is 1.21. The average molecular weight is 391 g/mol. The molecule has 2 heterocycles. The van der Waals surface area contributed by atoms with Gasteiger partial charge in [0, 0.05) is 12.6 Å². The van der Waals surface area contributed by atoms with Gasteiger partial charge >= 0.3 is 0 Å². The van der Waals surface area contributed by atoms with Crippen LogP contribution in [0.25, 0.3) is 21.6 Å². The van der Waals surface area contributed by atoms with E-state index in [1.807, 2.05) is 54.6 Å². The summed E-state index contributed by atoms with van der Waals surface area (Å²) in [6, 6.07) is 16.8. The number of aromatic nitrogens is 2. The Kier molecular flexibility index (Phi) is 4.67. The van der Waals surface area contributed by atoms with Gasteiger partial charge in [-0.05, 0) is 36.8 Å². The van der Waals surface area contributed by atoms with Crippen molar-refractivity contribution in [2.24, 2.45) is 0 Å². The fourth-order valence-electron chi connectivity index (χ4n) is 2.94. The fraction of sp³-hybridized carbons (Fsp3) is 0.0952. The van der Waals surface area contributed by atoms with Crippen LogP contribution in [0.5, 0.6) is 11.5 Å². The minimum absolute atomic E-state index is 0.222. The Balaban J connectivity index is 1.76. The van der Waals surface area contributed by atoms with Crippen molar-refractivity contribution in [3.05, 3.63) is 75.4 Å². The molecule has 2 aromatic carbocycles. The number of aromatic amines is 1. The molecule has 0 unspecified atom stereocenters. The van der Waals surface area contributed by atoms with Gasteiger partial charge in [0.25, 0.3) is 11.5 Å². The molecule has 0 saturated carbocycles. The topological polar surface area (TPSA) is 84.1 Å². The number of rotatable bonds is 4. The van der Waals surface area contributed by atoms with Crippen LogP contribution in [0.15, 0.2) is 59.4 Å². The molecule has 0 fully saturated rings. The molecule has 0 aliphatic heterocycles. The van der Waals surface area contributed by atoms with Crippen molar-refractivity contribution < 1.29 is 9.53 Å². The summed E-state index contributed by atoms with van der Waals surface area (Å²) in [4.78, 5) is 33.1. The minimum Gasteiger partial charge on any atom is -0.457 e. The minimum atomic E-state index is -0.265. The smallest absolute Gasteiger partial charge is 0.261 e. The van der Waals surface area contributed by atoms with Crippen LogP contribution in [-0.2, 0) is 0 Å². The van der Waals surface area contributed by atoms with Crippen LogP contribution >= 0.6 is 11.3 Å². The molecule has 1 amide bonds. The molecular formula is C21H17N3O3S. The number of benzene rings is 2. The second-order valence-electron chi connectivity index (χ2n) is 6.17. The molecule has 0 radical (unpaired) electrons. The van der Waals surface area contributed by atoms with E-state index in [4.69, 9.17) is 4.74 Å². The number of aryl methyl sites for hydroxylation is 1. The molecule has 0 saturated heterocycles. The number of ether oxygens (including phenoxy) is 1. The number of para-hydroxylation sites is 1. The maximum Gasteiger partial charge on any atom is 0.261 e. The Morgan fingerprint density at radius 1 is 1.11 bits per heavy atom. The number of H-pyrrole nitrogens is 1. The first-order valence-electron chi connectivity index (χ1n) is 8.65. The Morgan fingerprint density at radius 2 is 1.86 bits per heavy atom. The Bertz CT molecular complexity index is 1230. The molecule has 7 heteroatoms. The molecule has 2 aromatic heterocycles. The first-order chi connectivity index (χ1) is 13.6. The molecule has 2 N–H and O–H groups in total. The molecule has 0 atom stereocenters. The Morgan fingerprint density at radius 3 is 2.61 bits per heavy atom. The van der Waals surface area contributed by atoms with Crippen LogP contribution in [0.1, 0.15) is 15.2 Å². The molecule has 0 aliphatic carbocycles. The summed E-state index contributed by atoms with van der Waals surface area (Å²) in [5.41, 5.74) is 1.10. The summed E-state index contributed by atoms with van der Waals surface area (Å²) in [5.74, 6) is 1.57. The number of amides is 1.